The van der Waals surface area contributed by atoms with E-state index in [2.05, 4.69) is 10.1 Å². The third-order valence-corrected chi connectivity index (χ3v) is 8.56. The third kappa shape index (κ3) is 7.41. The first-order valence-corrected chi connectivity index (χ1v) is 15.4. The number of carbonyl (C=O) groups excluding carboxylic acids is 2. The molecule has 0 spiro atoms. The number of nitrogens with zero attached hydrogens (tertiary/aromatic N) is 6. The molecule has 3 aromatic heterocycles. The molecule has 2 aliphatic rings. The van der Waals surface area contributed by atoms with Crippen LogP contribution in [-0.2, 0) is 17.6 Å². The number of hydrogen-bond donors (Lipinski definition) is 0. The highest BCUT2D eigenvalue weighted by molar-refractivity contribution is 5.94. The van der Waals surface area contributed by atoms with Gasteiger partial charge < -0.3 is 9.80 Å². The molecule has 0 bridgehead atoms. The predicted octanol–water partition coefficient (Wildman–Crippen LogP) is 5.91. The van der Waals surface area contributed by atoms with Crippen LogP contribution in [0.4, 0.5) is 13.2 Å². The van der Waals surface area contributed by atoms with Crippen molar-refractivity contribution in [1.82, 2.24) is 29.4 Å². The fraction of sp³-hybridized carbons (Fsp3) is 0.382. The summed E-state index contributed by atoms with van der Waals surface area (Å²) in [6.45, 7) is 1.37. The molecule has 1 aromatic carbocycles. The largest absolute Gasteiger partial charge is 0.389 e. The average molecular weight is 617 g/mol. The van der Waals surface area contributed by atoms with E-state index in [1.807, 2.05) is 71.8 Å². The molecule has 45 heavy (non-hydrogen) atoms. The molecule has 1 saturated heterocycles. The first-order valence-electron chi connectivity index (χ1n) is 15.4. The highest BCUT2D eigenvalue weighted by atomic mass is 19.4. The van der Waals surface area contributed by atoms with Crippen molar-refractivity contribution in [1.29, 1.82) is 0 Å². The van der Waals surface area contributed by atoms with Crippen molar-refractivity contribution in [2.45, 2.75) is 63.6 Å². The first-order chi connectivity index (χ1) is 21.7. The van der Waals surface area contributed by atoms with Gasteiger partial charge in [-0.05, 0) is 73.2 Å². The molecule has 8 nitrogen and oxygen atoms in total. The Balaban J connectivity index is 1.11. The second-order valence-corrected chi connectivity index (χ2v) is 11.7. The molecule has 0 saturated carbocycles. The Hall–Kier alpha value is -4.54. The molecule has 1 atom stereocenters. The Labute approximate surface area is 259 Å². The van der Waals surface area contributed by atoms with Crippen molar-refractivity contribution in [3.63, 3.8) is 0 Å². The molecule has 4 aromatic rings. The maximum absolute atomic E-state index is 13.5. The number of fused-ring (bicyclic) bond motifs is 1. The van der Waals surface area contributed by atoms with E-state index in [4.69, 9.17) is 4.98 Å². The fourth-order valence-corrected chi connectivity index (χ4v) is 6.18. The monoisotopic (exact) mass is 616 g/mol. The van der Waals surface area contributed by atoms with E-state index in [0.29, 0.717) is 36.4 Å². The SMILES string of the molecule is O=C(CCC(F)(F)F)N1CC=C(c2cccn3nc(Cc4ccc(C(=O)N5CCCCC5Cc5ccccn5)cc4)nc23)CC1. The zero-order chi connectivity index (χ0) is 31.4. The lowest BCUT2D eigenvalue weighted by Crippen LogP contribution is -2.45. The lowest BCUT2D eigenvalue weighted by Gasteiger charge is -2.36. The molecule has 2 aliphatic heterocycles. The Morgan fingerprint density at radius 3 is 2.56 bits per heavy atom. The average Bonchev–Trinajstić information content (AvgIpc) is 3.47. The summed E-state index contributed by atoms with van der Waals surface area (Å²) in [6.07, 6.45) is 4.36. The zero-order valence-electron chi connectivity index (χ0n) is 24.9. The summed E-state index contributed by atoms with van der Waals surface area (Å²) >= 11 is 0. The number of amides is 2. The molecule has 0 aliphatic carbocycles. The van der Waals surface area contributed by atoms with Crippen molar-refractivity contribution in [2.75, 3.05) is 19.6 Å². The molecule has 1 fully saturated rings. The normalized spacial score (nSPS) is 17.4. The predicted molar refractivity (Wildman–Crippen MR) is 163 cm³/mol. The van der Waals surface area contributed by atoms with Crippen LogP contribution in [0.1, 0.15) is 71.5 Å². The van der Waals surface area contributed by atoms with Gasteiger partial charge in [-0.15, -0.1) is 0 Å². The van der Waals surface area contributed by atoms with E-state index in [1.54, 1.807) is 10.7 Å². The molecule has 11 heteroatoms. The van der Waals surface area contributed by atoms with Gasteiger partial charge in [0.25, 0.3) is 5.91 Å². The summed E-state index contributed by atoms with van der Waals surface area (Å²) in [4.78, 5) is 38.5. The van der Waals surface area contributed by atoms with Gasteiger partial charge in [0, 0.05) is 74.2 Å². The van der Waals surface area contributed by atoms with E-state index in [-0.39, 0.29) is 18.5 Å². The van der Waals surface area contributed by atoms with Crippen LogP contribution >= 0.6 is 0 Å². The van der Waals surface area contributed by atoms with Crippen LogP contribution in [-0.4, -0.2) is 73.0 Å². The second kappa shape index (κ2) is 13.2. The summed E-state index contributed by atoms with van der Waals surface area (Å²) in [5, 5.41) is 4.66. The zero-order valence-corrected chi connectivity index (χ0v) is 24.9. The maximum Gasteiger partial charge on any atom is 0.389 e. The van der Waals surface area contributed by atoms with Gasteiger partial charge in [-0.1, -0.05) is 24.3 Å². The maximum atomic E-state index is 13.5. The quantitative estimate of drug-likeness (QED) is 0.246. The van der Waals surface area contributed by atoms with E-state index >= 15 is 0 Å². The molecule has 234 valence electrons. The summed E-state index contributed by atoms with van der Waals surface area (Å²) < 4.78 is 39.3. The molecule has 0 N–H and O–H groups in total. The van der Waals surface area contributed by atoms with Gasteiger partial charge in [-0.25, -0.2) is 9.50 Å². The lowest BCUT2D eigenvalue weighted by molar-refractivity contribution is -0.148. The molecule has 2 amide bonds. The highest BCUT2D eigenvalue weighted by Gasteiger charge is 2.30. The number of rotatable bonds is 8. The van der Waals surface area contributed by atoms with Gasteiger partial charge in [0.1, 0.15) is 0 Å². The van der Waals surface area contributed by atoms with Gasteiger partial charge in [0.15, 0.2) is 11.5 Å². The molecule has 5 heterocycles. The summed E-state index contributed by atoms with van der Waals surface area (Å²) in [7, 11) is 0. The number of alkyl halides is 3. The van der Waals surface area contributed by atoms with Crippen LogP contribution in [0.3, 0.4) is 0 Å². The van der Waals surface area contributed by atoms with Crippen molar-refractivity contribution in [2.24, 2.45) is 0 Å². The third-order valence-electron chi connectivity index (χ3n) is 8.56. The smallest absolute Gasteiger partial charge is 0.339 e. The van der Waals surface area contributed by atoms with Crippen LogP contribution < -0.4 is 0 Å². The van der Waals surface area contributed by atoms with E-state index in [9.17, 15) is 22.8 Å². The Bertz CT molecular complexity index is 1680. The minimum absolute atomic E-state index is 0.0408. The fourth-order valence-electron chi connectivity index (χ4n) is 6.18. The molecular formula is C34H35F3N6O2. The van der Waals surface area contributed by atoms with E-state index in [1.165, 1.54) is 4.90 Å². The highest BCUT2D eigenvalue weighted by Crippen LogP contribution is 2.28. The number of pyridine rings is 2. The topological polar surface area (TPSA) is 83.7 Å². The minimum atomic E-state index is -4.34. The molecule has 6 rings (SSSR count). The summed E-state index contributed by atoms with van der Waals surface area (Å²) in [5.74, 6) is 0.186. The van der Waals surface area contributed by atoms with Gasteiger partial charge >= 0.3 is 6.18 Å². The van der Waals surface area contributed by atoms with Crippen LogP contribution in [0, 0.1) is 0 Å². The van der Waals surface area contributed by atoms with Gasteiger partial charge in [-0.3, -0.25) is 14.6 Å². The molecule has 0 radical (unpaired) electrons. The van der Waals surface area contributed by atoms with Crippen molar-refractivity contribution < 1.29 is 22.8 Å². The van der Waals surface area contributed by atoms with Crippen molar-refractivity contribution >= 4 is 23.0 Å². The van der Waals surface area contributed by atoms with Gasteiger partial charge in [-0.2, -0.15) is 18.3 Å². The first kappa shape index (κ1) is 30.5. The van der Waals surface area contributed by atoms with Gasteiger partial charge in [0.2, 0.25) is 5.91 Å². The van der Waals surface area contributed by atoms with E-state index < -0.39 is 24.9 Å². The van der Waals surface area contributed by atoms with Gasteiger partial charge in [0.05, 0.1) is 6.42 Å². The summed E-state index contributed by atoms with van der Waals surface area (Å²) in [6, 6.07) is 17.5. The number of benzene rings is 1. The molecule has 1 unspecified atom stereocenters. The summed E-state index contributed by atoms with van der Waals surface area (Å²) in [5.41, 5.74) is 5.20. The van der Waals surface area contributed by atoms with Crippen LogP contribution in [0.2, 0.25) is 0 Å². The van der Waals surface area contributed by atoms with Crippen molar-refractivity contribution in [3.05, 3.63) is 101 Å². The Kier molecular flexibility index (Phi) is 8.95. The van der Waals surface area contributed by atoms with Crippen LogP contribution in [0.25, 0.3) is 11.2 Å². The minimum Gasteiger partial charge on any atom is -0.339 e. The molecular weight excluding hydrogens is 581 g/mol. The lowest BCUT2D eigenvalue weighted by atomic mass is 9.96. The Morgan fingerprint density at radius 2 is 1.82 bits per heavy atom. The van der Waals surface area contributed by atoms with Crippen molar-refractivity contribution in [3.8, 4) is 0 Å². The number of carbonyl (C=O) groups is 2. The standard InChI is InChI=1S/C34H35F3N6O2/c35-34(36,37)16-13-31(44)41-20-14-25(15-21-41)29-8-5-19-43-32(29)39-30(40-43)22-24-9-11-26(12-10-24)33(45)42-18-4-2-7-28(42)23-27-6-1-3-17-38-27/h1,3,5-6,8-12,14,17,19,28H,2,4,7,13,15-16,18,20-23H2. The number of aromatic nitrogens is 4. The second-order valence-electron chi connectivity index (χ2n) is 11.7. The number of halogens is 3. The van der Waals surface area contributed by atoms with Crippen LogP contribution in [0.15, 0.2) is 73.1 Å². The van der Waals surface area contributed by atoms with E-state index in [0.717, 1.165) is 54.6 Å². The number of hydrogen-bond acceptors (Lipinski definition) is 5. The number of piperidine rings is 1. The number of likely N-dealkylation sites (tertiary alicyclic amines) is 1. The Morgan fingerprint density at radius 1 is 0.978 bits per heavy atom. The van der Waals surface area contributed by atoms with Crippen LogP contribution in [0.5, 0.6) is 0 Å².